The van der Waals surface area contributed by atoms with E-state index in [-0.39, 0.29) is 28.0 Å². The number of halogens is 3. The average Bonchev–Trinajstić information content (AvgIpc) is 3.13. The number of amides is 1. The minimum atomic E-state index is -4.90. The second-order valence-corrected chi connectivity index (χ2v) is 10.2. The van der Waals surface area contributed by atoms with Crippen LogP contribution < -0.4 is 14.4 Å². The van der Waals surface area contributed by atoms with Gasteiger partial charge in [0.05, 0.1) is 18.2 Å². The van der Waals surface area contributed by atoms with Crippen LogP contribution in [0, 0.1) is 0 Å². The molecule has 1 saturated heterocycles. The van der Waals surface area contributed by atoms with Crippen LogP contribution in [0.3, 0.4) is 0 Å². The van der Waals surface area contributed by atoms with E-state index in [0.29, 0.717) is 17.9 Å². The molecule has 40 heavy (non-hydrogen) atoms. The van der Waals surface area contributed by atoms with Crippen LogP contribution in [0.15, 0.2) is 72.3 Å². The van der Waals surface area contributed by atoms with Crippen molar-refractivity contribution in [3.05, 3.63) is 89.0 Å². The molecule has 0 radical (unpaired) electrons. The quantitative estimate of drug-likeness (QED) is 0.202. The number of alkyl halides is 3. The molecule has 0 spiro atoms. The number of ether oxygens (including phenoxy) is 2. The number of aliphatic hydroxyl groups excluding tert-OH is 1. The lowest BCUT2D eigenvalue weighted by molar-refractivity contribution is -0.274. The van der Waals surface area contributed by atoms with Crippen molar-refractivity contribution in [2.45, 2.75) is 45.5 Å². The number of hydrogen-bond donors (Lipinski definition) is 2. The highest BCUT2D eigenvalue weighted by Gasteiger charge is 2.47. The SMILES string of the molecule is CCOc1ccc(/C(O)=C2/C(=O)C(=O)N(c3ccc(OC(F)(F)F)cc3)C2c2ccc(O)cc2)cc1C(C)(C)C. The Hall–Kier alpha value is -4.47. The summed E-state index contributed by atoms with van der Waals surface area (Å²) in [6, 6.07) is 14.0. The lowest BCUT2D eigenvalue weighted by Crippen LogP contribution is -2.29. The minimum absolute atomic E-state index is 0.0596. The number of aliphatic hydroxyl groups is 1. The predicted molar refractivity (Wildman–Crippen MR) is 142 cm³/mol. The number of hydrogen-bond acceptors (Lipinski definition) is 6. The molecular formula is C30H28F3NO6. The molecular weight excluding hydrogens is 527 g/mol. The third kappa shape index (κ3) is 5.75. The summed E-state index contributed by atoms with van der Waals surface area (Å²) in [6.07, 6.45) is -4.90. The molecule has 0 aliphatic carbocycles. The Morgan fingerprint density at radius 2 is 1.57 bits per heavy atom. The summed E-state index contributed by atoms with van der Waals surface area (Å²) in [6.45, 7) is 8.18. The second kappa shape index (κ2) is 10.6. The molecule has 1 unspecified atom stereocenters. The fraction of sp³-hybridized carbons (Fsp3) is 0.267. The van der Waals surface area contributed by atoms with Gasteiger partial charge in [0.1, 0.15) is 23.0 Å². The second-order valence-electron chi connectivity index (χ2n) is 10.2. The molecule has 1 atom stereocenters. The number of ketones is 1. The number of nitrogens with zero attached hydrogens (tertiary/aromatic N) is 1. The topological polar surface area (TPSA) is 96.3 Å². The normalized spacial score (nSPS) is 17.3. The molecule has 10 heteroatoms. The van der Waals surface area contributed by atoms with E-state index in [0.717, 1.165) is 22.6 Å². The molecule has 0 bridgehead atoms. The third-order valence-corrected chi connectivity index (χ3v) is 6.36. The molecule has 1 fully saturated rings. The van der Waals surface area contributed by atoms with Crippen molar-refractivity contribution in [2.75, 3.05) is 11.5 Å². The third-order valence-electron chi connectivity index (χ3n) is 6.36. The number of anilines is 1. The maximum absolute atomic E-state index is 13.4. The van der Waals surface area contributed by atoms with Gasteiger partial charge in [-0.2, -0.15) is 0 Å². The molecule has 4 rings (SSSR count). The first-order valence-electron chi connectivity index (χ1n) is 12.4. The van der Waals surface area contributed by atoms with Gasteiger partial charge in [-0.05, 0) is 72.5 Å². The summed E-state index contributed by atoms with van der Waals surface area (Å²) in [7, 11) is 0. The van der Waals surface area contributed by atoms with Crippen molar-refractivity contribution in [2.24, 2.45) is 0 Å². The molecule has 1 heterocycles. The monoisotopic (exact) mass is 555 g/mol. The van der Waals surface area contributed by atoms with Gasteiger partial charge in [0.2, 0.25) is 0 Å². The number of rotatable bonds is 6. The Bertz CT molecular complexity index is 1450. The smallest absolute Gasteiger partial charge is 0.508 e. The highest BCUT2D eigenvalue weighted by Crippen LogP contribution is 2.44. The average molecular weight is 556 g/mol. The van der Waals surface area contributed by atoms with Crippen LogP contribution in [0.2, 0.25) is 0 Å². The highest BCUT2D eigenvalue weighted by atomic mass is 19.4. The predicted octanol–water partition coefficient (Wildman–Crippen LogP) is 6.61. The summed E-state index contributed by atoms with van der Waals surface area (Å²) in [5.41, 5.74) is 0.948. The number of Topliss-reactive ketones (excluding diaryl/α,β-unsaturated/α-hetero) is 1. The molecule has 0 saturated carbocycles. The number of carbonyl (C=O) groups is 2. The van der Waals surface area contributed by atoms with Gasteiger partial charge >= 0.3 is 6.36 Å². The molecule has 3 aromatic carbocycles. The maximum Gasteiger partial charge on any atom is 0.573 e. The largest absolute Gasteiger partial charge is 0.573 e. The Balaban J connectivity index is 1.88. The molecule has 1 aliphatic rings. The van der Waals surface area contributed by atoms with Crippen LogP contribution >= 0.6 is 0 Å². The molecule has 1 amide bonds. The molecule has 7 nitrogen and oxygen atoms in total. The molecule has 2 N–H and O–H groups in total. The summed E-state index contributed by atoms with van der Waals surface area (Å²) in [4.78, 5) is 27.8. The van der Waals surface area contributed by atoms with Crippen molar-refractivity contribution in [1.29, 1.82) is 0 Å². The summed E-state index contributed by atoms with van der Waals surface area (Å²) < 4.78 is 47.6. The number of benzene rings is 3. The van der Waals surface area contributed by atoms with E-state index >= 15 is 0 Å². The lowest BCUT2D eigenvalue weighted by atomic mass is 9.84. The fourth-order valence-electron chi connectivity index (χ4n) is 4.58. The number of carbonyl (C=O) groups excluding carboxylic acids is 2. The zero-order valence-corrected chi connectivity index (χ0v) is 22.2. The first kappa shape index (κ1) is 28.5. The van der Waals surface area contributed by atoms with Gasteiger partial charge < -0.3 is 19.7 Å². The van der Waals surface area contributed by atoms with Crippen LogP contribution in [0.5, 0.6) is 17.2 Å². The first-order chi connectivity index (χ1) is 18.7. The summed E-state index contributed by atoms with van der Waals surface area (Å²) in [5.74, 6) is -2.33. The van der Waals surface area contributed by atoms with Gasteiger partial charge in [-0.1, -0.05) is 32.9 Å². The van der Waals surface area contributed by atoms with Gasteiger partial charge in [-0.3, -0.25) is 14.5 Å². The molecule has 0 aromatic heterocycles. The van der Waals surface area contributed by atoms with E-state index in [1.807, 2.05) is 27.7 Å². The summed E-state index contributed by atoms with van der Waals surface area (Å²) >= 11 is 0. The van der Waals surface area contributed by atoms with Crippen molar-refractivity contribution in [3.8, 4) is 17.2 Å². The van der Waals surface area contributed by atoms with Crippen LogP contribution in [-0.4, -0.2) is 34.9 Å². The first-order valence-corrected chi connectivity index (χ1v) is 12.4. The van der Waals surface area contributed by atoms with E-state index in [2.05, 4.69) is 4.74 Å². The number of aromatic hydroxyl groups is 1. The Labute approximate surface area is 229 Å². The van der Waals surface area contributed by atoms with Crippen molar-refractivity contribution in [1.82, 2.24) is 0 Å². The van der Waals surface area contributed by atoms with E-state index < -0.39 is 35.6 Å². The van der Waals surface area contributed by atoms with Gasteiger partial charge in [0.25, 0.3) is 11.7 Å². The maximum atomic E-state index is 13.4. The van der Waals surface area contributed by atoms with E-state index in [4.69, 9.17) is 4.74 Å². The van der Waals surface area contributed by atoms with Crippen LogP contribution in [0.4, 0.5) is 18.9 Å². The number of phenolic OH excluding ortho intramolecular Hbond substituents is 1. The Morgan fingerprint density at radius 3 is 2.12 bits per heavy atom. The van der Waals surface area contributed by atoms with E-state index in [9.17, 15) is 33.0 Å². The minimum Gasteiger partial charge on any atom is -0.508 e. The Kier molecular flexibility index (Phi) is 7.56. The van der Waals surface area contributed by atoms with Crippen LogP contribution in [0.1, 0.15) is 50.4 Å². The van der Waals surface area contributed by atoms with Gasteiger partial charge in [0.15, 0.2) is 0 Å². The van der Waals surface area contributed by atoms with Crippen molar-refractivity contribution in [3.63, 3.8) is 0 Å². The van der Waals surface area contributed by atoms with Crippen LogP contribution in [-0.2, 0) is 15.0 Å². The standard InChI is InChI=1S/C30H28F3NO6/c1-5-39-23-15-8-18(16-22(23)29(2,3)4)26(36)24-25(17-6-11-20(35)12-7-17)34(28(38)27(24)37)19-9-13-21(14-10-19)40-30(31,32)33/h6-16,25,35-36H,5H2,1-4H3/b26-24-. The van der Waals surface area contributed by atoms with Gasteiger partial charge in [-0.25, -0.2) is 0 Å². The zero-order chi connectivity index (χ0) is 29.4. The summed E-state index contributed by atoms with van der Waals surface area (Å²) in [5, 5.41) is 21.3. The van der Waals surface area contributed by atoms with Gasteiger partial charge in [0, 0.05) is 16.8 Å². The van der Waals surface area contributed by atoms with Crippen molar-refractivity contribution < 1.29 is 42.4 Å². The van der Waals surface area contributed by atoms with E-state index in [1.165, 1.54) is 36.4 Å². The van der Waals surface area contributed by atoms with Gasteiger partial charge in [-0.15, -0.1) is 13.2 Å². The molecule has 3 aromatic rings. The van der Waals surface area contributed by atoms with E-state index in [1.54, 1.807) is 18.2 Å². The van der Waals surface area contributed by atoms with Crippen LogP contribution in [0.25, 0.3) is 5.76 Å². The molecule has 210 valence electrons. The zero-order valence-electron chi connectivity index (χ0n) is 22.2. The lowest BCUT2D eigenvalue weighted by Gasteiger charge is -2.26. The molecule has 1 aliphatic heterocycles. The number of phenols is 1. The van der Waals surface area contributed by atoms with Crippen molar-refractivity contribution >= 4 is 23.1 Å². The fourth-order valence-corrected chi connectivity index (χ4v) is 4.58. The Morgan fingerprint density at radius 1 is 0.950 bits per heavy atom. The highest BCUT2D eigenvalue weighted by molar-refractivity contribution is 6.51.